The lowest BCUT2D eigenvalue weighted by molar-refractivity contribution is 0.606. The summed E-state index contributed by atoms with van der Waals surface area (Å²) in [6.07, 6.45) is 16.7. The van der Waals surface area contributed by atoms with Crippen molar-refractivity contribution in [3.63, 3.8) is 0 Å². The zero-order valence-corrected chi connectivity index (χ0v) is 13.4. The van der Waals surface area contributed by atoms with Gasteiger partial charge in [0.05, 0.1) is 0 Å². The van der Waals surface area contributed by atoms with Crippen molar-refractivity contribution >= 4 is 0 Å². The van der Waals surface area contributed by atoms with E-state index in [1.165, 1.54) is 64.2 Å². The molecule has 0 spiro atoms. The molecule has 0 saturated heterocycles. The Kier molecular flexibility index (Phi) is 10.1. The van der Waals surface area contributed by atoms with Crippen LogP contribution in [0.25, 0.3) is 0 Å². The lowest BCUT2D eigenvalue weighted by Gasteiger charge is -2.03. The highest BCUT2D eigenvalue weighted by Gasteiger charge is 2.01. The summed E-state index contributed by atoms with van der Waals surface area (Å²) in [5.41, 5.74) is 0. The summed E-state index contributed by atoms with van der Waals surface area (Å²) in [5.74, 6) is 1.97. The average molecular weight is 277 g/mol. The second-order valence-electron chi connectivity index (χ2n) is 5.65. The van der Waals surface area contributed by atoms with E-state index in [9.17, 15) is 0 Å². The quantitative estimate of drug-likeness (QED) is 0.510. The lowest BCUT2D eigenvalue weighted by atomic mass is 10.1. The SMILES string of the molecule is CCCCCCCc1ncnc(CCCCCCC)n1. The topological polar surface area (TPSA) is 38.7 Å². The molecule has 1 rings (SSSR count). The molecule has 0 bridgehead atoms. The highest BCUT2D eigenvalue weighted by atomic mass is 15.0. The van der Waals surface area contributed by atoms with Crippen LogP contribution in [0.4, 0.5) is 0 Å². The molecule has 0 aliphatic heterocycles. The van der Waals surface area contributed by atoms with Crippen molar-refractivity contribution in [3.05, 3.63) is 18.0 Å². The Bertz CT molecular complexity index is 310. The average Bonchev–Trinajstić information content (AvgIpc) is 2.47. The standard InChI is InChI=1S/C17H31N3/c1-3-5-7-9-11-13-16-18-15-19-17(20-16)14-12-10-8-6-4-2/h15H,3-14H2,1-2H3. The van der Waals surface area contributed by atoms with Gasteiger partial charge in [0.25, 0.3) is 0 Å². The van der Waals surface area contributed by atoms with Crippen molar-refractivity contribution in [2.45, 2.75) is 90.9 Å². The van der Waals surface area contributed by atoms with E-state index in [2.05, 4.69) is 28.8 Å². The molecule has 0 amide bonds. The van der Waals surface area contributed by atoms with Gasteiger partial charge in [-0.15, -0.1) is 0 Å². The van der Waals surface area contributed by atoms with Crippen LogP contribution in [-0.2, 0) is 12.8 Å². The number of unbranched alkanes of at least 4 members (excludes halogenated alkanes) is 8. The smallest absolute Gasteiger partial charge is 0.132 e. The molecular formula is C17H31N3. The van der Waals surface area contributed by atoms with Crippen molar-refractivity contribution < 1.29 is 0 Å². The minimum Gasteiger partial charge on any atom is -0.221 e. The number of rotatable bonds is 12. The second kappa shape index (κ2) is 11.8. The number of aryl methyl sites for hydroxylation is 2. The van der Waals surface area contributed by atoms with E-state index >= 15 is 0 Å². The molecule has 0 N–H and O–H groups in total. The van der Waals surface area contributed by atoms with E-state index in [1.54, 1.807) is 6.33 Å². The number of aromatic nitrogens is 3. The van der Waals surface area contributed by atoms with Gasteiger partial charge in [0.2, 0.25) is 0 Å². The van der Waals surface area contributed by atoms with Gasteiger partial charge in [0.1, 0.15) is 18.0 Å². The fourth-order valence-corrected chi connectivity index (χ4v) is 2.38. The Morgan fingerprint density at radius 3 is 1.55 bits per heavy atom. The molecule has 0 saturated carbocycles. The van der Waals surface area contributed by atoms with E-state index in [4.69, 9.17) is 0 Å². The summed E-state index contributed by atoms with van der Waals surface area (Å²) in [7, 11) is 0. The summed E-state index contributed by atoms with van der Waals surface area (Å²) >= 11 is 0. The molecule has 1 heterocycles. The Morgan fingerprint density at radius 2 is 1.10 bits per heavy atom. The van der Waals surface area contributed by atoms with Crippen LogP contribution in [0, 0.1) is 0 Å². The molecule has 3 nitrogen and oxygen atoms in total. The molecule has 0 aliphatic carbocycles. The third-order valence-corrected chi connectivity index (χ3v) is 3.68. The summed E-state index contributed by atoms with van der Waals surface area (Å²) in [4.78, 5) is 13.2. The van der Waals surface area contributed by atoms with Crippen LogP contribution in [0.5, 0.6) is 0 Å². The summed E-state index contributed by atoms with van der Waals surface area (Å²) in [6, 6.07) is 0. The van der Waals surface area contributed by atoms with Crippen molar-refractivity contribution in [2.24, 2.45) is 0 Å². The van der Waals surface area contributed by atoms with E-state index < -0.39 is 0 Å². The molecule has 0 aromatic carbocycles. The van der Waals surface area contributed by atoms with Gasteiger partial charge < -0.3 is 0 Å². The first kappa shape index (κ1) is 17.1. The van der Waals surface area contributed by atoms with Gasteiger partial charge in [0, 0.05) is 12.8 Å². The van der Waals surface area contributed by atoms with E-state index in [1.807, 2.05) is 0 Å². The molecule has 0 unspecified atom stereocenters. The van der Waals surface area contributed by atoms with Gasteiger partial charge in [-0.1, -0.05) is 65.2 Å². The van der Waals surface area contributed by atoms with Crippen LogP contribution >= 0.6 is 0 Å². The minimum absolute atomic E-state index is 0.986. The van der Waals surface area contributed by atoms with Crippen LogP contribution in [0.2, 0.25) is 0 Å². The van der Waals surface area contributed by atoms with Crippen LogP contribution < -0.4 is 0 Å². The molecular weight excluding hydrogens is 246 g/mol. The molecule has 0 fully saturated rings. The zero-order chi connectivity index (χ0) is 14.5. The van der Waals surface area contributed by atoms with Gasteiger partial charge in [-0.3, -0.25) is 0 Å². The Morgan fingerprint density at radius 1 is 0.650 bits per heavy atom. The maximum atomic E-state index is 4.59. The largest absolute Gasteiger partial charge is 0.221 e. The highest BCUT2D eigenvalue weighted by molar-refractivity contribution is 4.91. The molecule has 0 aliphatic rings. The van der Waals surface area contributed by atoms with Crippen LogP contribution in [0.1, 0.15) is 89.7 Å². The van der Waals surface area contributed by atoms with Crippen molar-refractivity contribution in [1.29, 1.82) is 0 Å². The predicted octanol–water partition coefficient (Wildman–Crippen LogP) is 4.90. The fraction of sp³-hybridized carbons (Fsp3) is 0.824. The Labute approximate surface area is 124 Å². The van der Waals surface area contributed by atoms with Gasteiger partial charge in [-0.05, 0) is 12.8 Å². The normalized spacial score (nSPS) is 10.9. The van der Waals surface area contributed by atoms with Crippen molar-refractivity contribution in [1.82, 2.24) is 15.0 Å². The van der Waals surface area contributed by atoms with E-state index in [0.717, 1.165) is 24.5 Å². The Hall–Kier alpha value is -0.990. The number of hydrogen-bond acceptors (Lipinski definition) is 3. The van der Waals surface area contributed by atoms with E-state index in [0.29, 0.717) is 0 Å². The number of nitrogens with zero attached hydrogens (tertiary/aromatic N) is 3. The highest BCUT2D eigenvalue weighted by Crippen LogP contribution is 2.08. The van der Waals surface area contributed by atoms with Crippen molar-refractivity contribution in [2.75, 3.05) is 0 Å². The summed E-state index contributed by atoms with van der Waals surface area (Å²) in [5, 5.41) is 0. The van der Waals surface area contributed by atoms with Crippen LogP contribution in [0.3, 0.4) is 0 Å². The van der Waals surface area contributed by atoms with Crippen molar-refractivity contribution in [3.8, 4) is 0 Å². The third-order valence-electron chi connectivity index (χ3n) is 3.68. The first-order valence-electron chi connectivity index (χ1n) is 8.53. The fourth-order valence-electron chi connectivity index (χ4n) is 2.38. The summed E-state index contributed by atoms with van der Waals surface area (Å²) in [6.45, 7) is 4.50. The molecule has 0 atom stereocenters. The lowest BCUT2D eigenvalue weighted by Crippen LogP contribution is -2.02. The molecule has 3 heteroatoms. The second-order valence-corrected chi connectivity index (χ2v) is 5.65. The molecule has 1 aromatic rings. The van der Waals surface area contributed by atoms with Gasteiger partial charge >= 0.3 is 0 Å². The van der Waals surface area contributed by atoms with Gasteiger partial charge in [0.15, 0.2) is 0 Å². The molecule has 20 heavy (non-hydrogen) atoms. The Balaban J connectivity index is 2.19. The molecule has 114 valence electrons. The monoisotopic (exact) mass is 277 g/mol. The first-order chi connectivity index (χ1) is 9.86. The maximum absolute atomic E-state index is 4.59. The van der Waals surface area contributed by atoms with Crippen LogP contribution in [0.15, 0.2) is 6.33 Å². The first-order valence-corrected chi connectivity index (χ1v) is 8.53. The van der Waals surface area contributed by atoms with Gasteiger partial charge in [-0.25, -0.2) is 15.0 Å². The molecule has 0 radical (unpaired) electrons. The van der Waals surface area contributed by atoms with E-state index in [-0.39, 0.29) is 0 Å². The third kappa shape index (κ3) is 8.23. The predicted molar refractivity (Wildman–Crippen MR) is 84.8 cm³/mol. The van der Waals surface area contributed by atoms with Crippen LogP contribution in [-0.4, -0.2) is 15.0 Å². The number of hydrogen-bond donors (Lipinski definition) is 0. The minimum atomic E-state index is 0.986. The molecule has 1 aromatic heterocycles. The van der Waals surface area contributed by atoms with Gasteiger partial charge in [-0.2, -0.15) is 0 Å². The summed E-state index contributed by atoms with van der Waals surface area (Å²) < 4.78 is 0. The zero-order valence-electron chi connectivity index (χ0n) is 13.4. The maximum Gasteiger partial charge on any atom is 0.132 e.